The van der Waals surface area contributed by atoms with Crippen LogP contribution in [0.4, 0.5) is 4.39 Å². The zero-order valence-corrected chi connectivity index (χ0v) is 15.5. The van der Waals surface area contributed by atoms with Gasteiger partial charge in [-0.05, 0) is 50.1 Å². The van der Waals surface area contributed by atoms with Crippen molar-refractivity contribution in [1.82, 2.24) is 20.0 Å². The number of carbonyl (C=O) groups excluding carboxylic acids is 1. The van der Waals surface area contributed by atoms with E-state index in [2.05, 4.69) is 10.4 Å². The first-order chi connectivity index (χ1) is 13.1. The summed E-state index contributed by atoms with van der Waals surface area (Å²) in [6.07, 6.45) is 3.73. The van der Waals surface area contributed by atoms with Crippen LogP contribution >= 0.6 is 0 Å². The van der Waals surface area contributed by atoms with Crippen LogP contribution < -0.4 is 5.32 Å². The smallest absolute Gasteiger partial charge is 0.274 e. The van der Waals surface area contributed by atoms with Crippen molar-refractivity contribution in [2.24, 2.45) is 0 Å². The van der Waals surface area contributed by atoms with Crippen molar-refractivity contribution in [3.05, 3.63) is 53.6 Å². The molecule has 144 valence electrons. The summed E-state index contributed by atoms with van der Waals surface area (Å²) >= 11 is 0. The van der Waals surface area contributed by atoms with Gasteiger partial charge in [-0.15, -0.1) is 0 Å². The normalized spacial score (nSPS) is 26.1. The Hall–Kier alpha value is -2.25. The number of halogens is 1. The second-order valence-electron chi connectivity index (χ2n) is 7.38. The van der Waals surface area contributed by atoms with Crippen molar-refractivity contribution in [3.63, 3.8) is 0 Å². The number of nitrogens with one attached hydrogen (secondary N) is 1. The highest BCUT2D eigenvalue weighted by atomic mass is 19.1. The zero-order chi connectivity index (χ0) is 18.8. The molecule has 1 amide bonds. The average Bonchev–Trinajstić information content (AvgIpc) is 3.18. The number of benzene rings is 1. The van der Waals surface area contributed by atoms with Crippen LogP contribution in [0.25, 0.3) is 0 Å². The van der Waals surface area contributed by atoms with Gasteiger partial charge in [0.15, 0.2) is 0 Å². The SMILES string of the molecule is CC1CN(C(=O)c2ccn(C3CCCNC3)n2)CC(c2ccc(F)cc2)O1. The van der Waals surface area contributed by atoms with E-state index in [0.29, 0.717) is 24.8 Å². The first kappa shape index (κ1) is 18.1. The van der Waals surface area contributed by atoms with Crippen molar-refractivity contribution in [2.45, 2.75) is 38.0 Å². The van der Waals surface area contributed by atoms with E-state index >= 15 is 0 Å². The molecule has 0 aliphatic carbocycles. The number of carbonyl (C=O) groups is 1. The third-order valence-corrected chi connectivity index (χ3v) is 5.26. The number of aromatic nitrogens is 2. The molecule has 7 heteroatoms. The molecule has 3 heterocycles. The predicted molar refractivity (Wildman–Crippen MR) is 99.0 cm³/mol. The molecule has 0 bridgehead atoms. The van der Waals surface area contributed by atoms with E-state index < -0.39 is 0 Å². The van der Waals surface area contributed by atoms with Gasteiger partial charge in [0.2, 0.25) is 0 Å². The van der Waals surface area contributed by atoms with E-state index in [9.17, 15) is 9.18 Å². The lowest BCUT2D eigenvalue weighted by Gasteiger charge is -2.36. The largest absolute Gasteiger partial charge is 0.367 e. The minimum atomic E-state index is -0.279. The number of ether oxygens (including phenoxy) is 1. The summed E-state index contributed by atoms with van der Waals surface area (Å²) in [7, 11) is 0. The number of amides is 1. The Morgan fingerprint density at radius 2 is 2.07 bits per heavy atom. The minimum Gasteiger partial charge on any atom is -0.367 e. The molecule has 2 saturated heterocycles. The number of morpholine rings is 1. The zero-order valence-electron chi connectivity index (χ0n) is 15.5. The van der Waals surface area contributed by atoms with Crippen LogP contribution in [-0.4, -0.2) is 52.9 Å². The molecule has 0 saturated carbocycles. The van der Waals surface area contributed by atoms with Gasteiger partial charge >= 0.3 is 0 Å². The molecule has 1 aromatic carbocycles. The van der Waals surface area contributed by atoms with Gasteiger partial charge in [0.1, 0.15) is 17.6 Å². The molecule has 4 rings (SSSR count). The van der Waals surface area contributed by atoms with Crippen molar-refractivity contribution in [2.75, 3.05) is 26.2 Å². The van der Waals surface area contributed by atoms with E-state index in [1.165, 1.54) is 12.1 Å². The van der Waals surface area contributed by atoms with Gasteiger partial charge in [0, 0.05) is 19.3 Å². The van der Waals surface area contributed by atoms with E-state index in [1.54, 1.807) is 23.1 Å². The van der Waals surface area contributed by atoms with Crippen molar-refractivity contribution < 1.29 is 13.9 Å². The Morgan fingerprint density at radius 1 is 1.26 bits per heavy atom. The summed E-state index contributed by atoms with van der Waals surface area (Å²) in [5.74, 6) is -0.363. The second-order valence-corrected chi connectivity index (χ2v) is 7.38. The Balaban J connectivity index is 1.47. The second kappa shape index (κ2) is 7.78. The fourth-order valence-electron chi connectivity index (χ4n) is 3.86. The lowest BCUT2D eigenvalue weighted by atomic mass is 10.1. The lowest BCUT2D eigenvalue weighted by molar-refractivity contribution is -0.0693. The molecular formula is C20H25FN4O2. The summed E-state index contributed by atoms with van der Waals surface area (Å²) < 4.78 is 21.1. The average molecular weight is 372 g/mol. The van der Waals surface area contributed by atoms with Crippen LogP contribution in [0.15, 0.2) is 36.5 Å². The number of nitrogens with zero attached hydrogens (tertiary/aromatic N) is 3. The highest BCUT2D eigenvalue weighted by Crippen LogP contribution is 2.26. The van der Waals surface area contributed by atoms with Crippen LogP contribution in [-0.2, 0) is 4.74 Å². The fraction of sp³-hybridized carbons (Fsp3) is 0.500. The first-order valence-corrected chi connectivity index (χ1v) is 9.56. The molecule has 2 aromatic rings. The maximum Gasteiger partial charge on any atom is 0.274 e. The number of hydrogen-bond acceptors (Lipinski definition) is 4. The van der Waals surface area contributed by atoms with E-state index in [4.69, 9.17) is 4.74 Å². The molecule has 2 fully saturated rings. The maximum atomic E-state index is 13.2. The van der Waals surface area contributed by atoms with E-state index in [0.717, 1.165) is 31.5 Å². The molecule has 1 aromatic heterocycles. The Morgan fingerprint density at radius 3 is 2.81 bits per heavy atom. The number of rotatable bonds is 3. The van der Waals surface area contributed by atoms with Crippen molar-refractivity contribution >= 4 is 5.91 Å². The molecule has 2 aliphatic heterocycles. The minimum absolute atomic E-state index is 0.0835. The summed E-state index contributed by atoms with van der Waals surface area (Å²) in [4.78, 5) is 14.8. The molecule has 3 atom stereocenters. The van der Waals surface area contributed by atoms with Gasteiger partial charge in [-0.3, -0.25) is 9.48 Å². The predicted octanol–water partition coefficient (Wildman–Crippen LogP) is 2.55. The third-order valence-electron chi connectivity index (χ3n) is 5.26. The van der Waals surface area contributed by atoms with Crippen molar-refractivity contribution in [1.29, 1.82) is 0 Å². The quantitative estimate of drug-likeness (QED) is 0.900. The standard InChI is InChI=1S/C20H25FN4O2/c1-14-12-24(13-19(27-14)15-4-6-16(21)7-5-15)20(26)18-8-10-25(23-18)17-3-2-9-22-11-17/h4-8,10,14,17,19,22H,2-3,9,11-13H2,1H3. The summed E-state index contributed by atoms with van der Waals surface area (Å²) in [6.45, 7) is 4.83. The summed E-state index contributed by atoms with van der Waals surface area (Å²) in [5, 5.41) is 7.91. The van der Waals surface area contributed by atoms with Gasteiger partial charge in [-0.25, -0.2) is 4.39 Å². The van der Waals surface area contributed by atoms with E-state index in [1.807, 2.05) is 17.8 Å². The molecule has 3 unspecified atom stereocenters. The Labute approximate surface area is 158 Å². The van der Waals surface area contributed by atoms with Gasteiger partial charge in [-0.1, -0.05) is 12.1 Å². The van der Waals surface area contributed by atoms with Gasteiger partial charge in [-0.2, -0.15) is 5.10 Å². The van der Waals surface area contributed by atoms with Crippen LogP contribution in [0.2, 0.25) is 0 Å². The summed E-state index contributed by atoms with van der Waals surface area (Å²) in [6, 6.07) is 8.37. The molecular weight excluding hydrogens is 347 g/mol. The van der Waals surface area contributed by atoms with E-state index in [-0.39, 0.29) is 23.9 Å². The number of piperidine rings is 1. The lowest BCUT2D eigenvalue weighted by Crippen LogP contribution is -2.46. The molecule has 0 spiro atoms. The topological polar surface area (TPSA) is 59.4 Å². The molecule has 0 radical (unpaired) electrons. The molecule has 6 nitrogen and oxygen atoms in total. The highest BCUT2D eigenvalue weighted by molar-refractivity contribution is 5.92. The van der Waals surface area contributed by atoms with Crippen LogP contribution in [0.1, 0.15) is 48.0 Å². The first-order valence-electron chi connectivity index (χ1n) is 9.56. The third kappa shape index (κ3) is 4.04. The highest BCUT2D eigenvalue weighted by Gasteiger charge is 2.31. The van der Waals surface area contributed by atoms with Gasteiger partial charge < -0.3 is 15.0 Å². The van der Waals surface area contributed by atoms with Crippen molar-refractivity contribution in [3.8, 4) is 0 Å². The Kier molecular flexibility index (Phi) is 5.22. The molecule has 1 N–H and O–H groups in total. The van der Waals surface area contributed by atoms with Gasteiger partial charge in [0.05, 0.1) is 18.7 Å². The summed E-state index contributed by atoms with van der Waals surface area (Å²) in [5.41, 5.74) is 1.34. The number of hydrogen-bond donors (Lipinski definition) is 1. The van der Waals surface area contributed by atoms with Gasteiger partial charge in [0.25, 0.3) is 5.91 Å². The Bertz CT molecular complexity index is 786. The molecule has 27 heavy (non-hydrogen) atoms. The maximum absolute atomic E-state index is 13.2. The van der Waals surface area contributed by atoms with Crippen LogP contribution in [0.3, 0.4) is 0 Å². The molecule has 2 aliphatic rings. The van der Waals surface area contributed by atoms with Crippen LogP contribution in [0.5, 0.6) is 0 Å². The monoisotopic (exact) mass is 372 g/mol. The van der Waals surface area contributed by atoms with Crippen LogP contribution in [0, 0.1) is 5.82 Å². The fourth-order valence-corrected chi connectivity index (χ4v) is 3.86.